The standard InChI is InChI=1S/C12H22N2O5/c1-8(2)7-9(11(16)17)13-12(18)14(3)6-5-10(15)19-4/h8-9H,5-7H2,1-4H3,(H,13,18)(H,16,17)/t9-/m1/s1. The Morgan fingerprint density at radius 3 is 2.32 bits per heavy atom. The van der Waals surface area contributed by atoms with Gasteiger partial charge in [-0.05, 0) is 12.3 Å². The number of esters is 1. The first-order valence-electron chi connectivity index (χ1n) is 6.09. The van der Waals surface area contributed by atoms with Gasteiger partial charge >= 0.3 is 18.0 Å². The minimum absolute atomic E-state index is 0.0718. The maximum atomic E-state index is 11.7. The molecule has 1 atom stereocenters. The van der Waals surface area contributed by atoms with Crippen molar-refractivity contribution in [2.45, 2.75) is 32.7 Å². The summed E-state index contributed by atoms with van der Waals surface area (Å²) in [6, 6.07) is -1.44. The van der Waals surface area contributed by atoms with Gasteiger partial charge in [-0.1, -0.05) is 13.8 Å². The van der Waals surface area contributed by atoms with Crippen LogP contribution in [0.2, 0.25) is 0 Å². The topological polar surface area (TPSA) is 95.9 Å². The van der Waals surface area contributed by atoms with Crippen molar-refractivity contribution in [2.75, 3.05) is 20.7 Å². The molecule has 0 rings (SSSR count). The summed E-state index contributed by atoms with van der Waals surface area (Å²) in [5.41, 5.74) is 0. The highest BCUT2D eigenvalue weighted by Crippen LogP contribution is 2.05. The summed E-state index contributed by atoms with van der Waals surface area (Å²) >= 11 is 0. The summed E-state index contributed by atoms with van der Waals surface area (Å²) in [5, 5.41) is 11.4. The van der Waals surface area contributed by atoms with E-state index < -0.39 is 24.0 Å². The van der Waals surface area contributed by atoms with E-state index in [9.17, 15) is 14.4 Å². The molecule has 0 aliphatic carbocycles. The lowest BCUT2D eigenvalue weighted by Gasteiger charge is -2.22. The lowest BCUT2D eigenvalue weighted by atomic mass is 10.0. The highest BCUT2D eigenvalue weighted by atomic mass is 16.5. The predicted octanol–water partition coefficient (Wildman–Crippen LogP) is 0.690. The number of urea groups is 1. The van der Waals surface area contributed by atoms with E-state index in [-0.39, 0.29) is 18.9 Å². The first-order valence-corrected chi connectivity index (χ1v) is 6.09. The molecule has 0 saturated heterocycles. The lowest BCUT2D eigenvalue weighted by molar-refractivity contribution is -0.141. The van der Waals surface area contributed by atoms with Crippen molar-refractivity contribution < 1.29 is 24.2 Å². The van der Waals surface area contributed by atoms with E-state index in [1.807, 2.05) is 13.8 Å². The second kappa shape index (κ2) is 8.34. The Hall–Kier alpha value is -1.79. The molecule has 0 bridgehead atoms. The van der Waals surface area contributed by atoms with Crippen LogP contribution in [0.5, 0.6) is 0 Å². The molecule has 0 aromatic heterocycles. The zero-order chi connectivity index (χ0) is 15.0. The number of carboxylic acid groups (broad SMARTS) is 1. The molecule has 0 spiro atoms. The Balaban J connectivity index is 4.31. The van der Waals surface area contributed by atoms with Gasteiger partial charge in [-0.3, -0.25) is 4.79 Å². The van der Waals surface area contributed by atoms with Crippen LogP contribution in [0.1, 0.15) is 26.7 Å². The number of methoxy groups -OCH3 is 1. The molecule has 110 valence electrons. The molecule has 0 aliphatic rings. The van der Waals surface area contributed by atoms with Crippen LogP contribution in [0.3, 0.4) is 0 Å². The van der Waals surface area contributed by atoms with E-state index in [4.69, 9.17) is 5.11 Å². The first kappa shape index (κ1) is 17.2. The van der Waals surface area contributed by atoms with Gasteiger partial charge in [-0.2, -0.15) is 0 Å². The molecule has 7 heteroatoms. The number of rotatable bonds is 7. The SMILES string of the molecule is COC(=O)CCN(C)C(=O)N[C@H](CC(C)C)C(=O)O. The zero-order valence-corrected chi connectivity index (χ0v) is 11.8. The molecule has 0 aromatic rings. The Kier molecular flexibility index (Phi) is 7.55. The van der Waals surface area contributed by atoms with Gasteiger partial charge < -0.3 is 20.1 Å². The molecule has 19 heavy (non-hydrogen) atoms. The molecule has 2 N–H and O–H groups in total. The van der Waals surface area contributed by atoms with E-state index in [0.717, 1.165) is 0 Å². The van der Waals surface area contributed by atoms with E-state index in [0.29, 0.717) is 6.42 Å². The zero-order valence-electron chi connectivity index (χ0n) is 11.8. The second-order valence-corrected chi connectivity index (χ2v) is 4.72. The van der Waals surface area contributed by atoms with Crippen LogP contribution in [-0.2, 0) is 14.3 Å². The molecule has 0 heterocycles. The maximum absolute atomic E-state index is 11.7. The molecule has 0 aliphatic heterocycles. The number of nitrogens with one attached hydrogen (secondary N) is 1. The average Bonchev–Trinajstić information content (AvgIpc) is 2.33. The Morgan fingerprint density at radius 2 is 1.89 bits per heavy atom. The number of nitrogens with zero attached hydrogens (tertiary/aromatic N) is 1. The quantitative estimate of drug-likeness (QED) is 0.666. The molecule has 0 aromatic carbocycles. The van der Waals surface area contributed by atoms with Crippen molar-refractivity contribution in [3.05, 3.63) is 0 Å². The molecule has 0 unspecified atom stereocenters. The molecular formula is C12H22N2O5. The van der Waals surface area contributed by atoms with E-state index >= 15 is 0 Å². The van der Waals surface area contributed by atoms with Gasteiger partial charge in [0, 0.05) is 13.6 Å². The van der Waals surface area contributed by atoms with Gasteiger partial charge in [0.1, 0.15) is 6.04 Å². The number of ether oxygens (including phenoxy) is 1. The van der Waals surface area contributed by atoms with E-state index in [2.05, 4.69) is 10.1 Å². The van der Waals surface area contributed by atoms with Gasteiger partial charge in [0.15, 0.2) is 0 Å². The van der Waals surface area contributed by atoms with Crippen LogP contribution < -0.4 is 5.32 Å². The largest absolute Gasteiger partial charge is 0.480 e. The Morgan fingerprint density at radius 1 is 1.32 bits per heavy atom. The number of hydrogen-bond donors (Lipinski definition) is 2. The number of hydrogen-bond acceptors (Lipinski definition) is 4. The van der Waals surface area contributed by atoms with Gasteiger partial charge in [-0.15, -0.1) is 0 Å². The first-order chi connectivity index (χ1) is 8.77. The average molecular weight is 274 g/mol. The molecule has 0 fully saturated rings. The number of carbonyl (C=O) groups is 3. The third-order valence-electron chi connectivity index (χ3n) is 2.53. The normalized spacial score (nSPS) is 11.8. The summed E-state index contributed by atoms with van der Waals surface area (Å²) in [4.78, 5) is 34.9. The second-order valence-electron chi connectivity index (χ2n) is 4.72. The van der Waals surface area contributed by atoms with Crippen molar-refractivity contribution in [2.24, 2.45) is 5.92 Å². The van der Waals surface area contributed by atoms with Crippen molar-refractivity contribution in [1.82, 2.24) is 10.2 Å². The molecule has 0 radical (unpaired) electrons. The number of amides is 2. The molecule has 2 amide bonds. The predicted molar refractivity (Wildman–Crippen MR) is 68.7 cm³/mol. The summed E-state index contributed by atoms with van der Waals surface area (Å²) in [7, 11) is 2.76. The summed E-state index contributed by atoms with van der Waals surface area (Å²) in [5.74, 6) is -1.33. The monoisotopic (exact) mass is 274 g/mol. The third kappa shape index (κ3) is 7.28. The van der Waals surface area contributed by atoms with Crippen molar-refractivity contribution in [1.29, 1.82) is 0 Å². The minimum Gasteiger partial charge on any atom is -0.480 e. The molecule has 0 saturated carbocycles. The third-order valence-corrected chi connectivity index (χ3v) is 2.53. The van der Waals surface area contributed by atoms with E-state index in [1.165, 1.54) is 19.1 Å². The fraction of sp³-hybridized carbons (Fsp3) is 0.750. The van der Waals surface area contributed by atoms with E-state index in [1.54, 1.807) is 0 Å². The van der Waals surface area contributed by atoms with Crippen LogP contribution in [0.15, 0.2) is 0 Å². The highest BCUT2D eigenvalue weighted by Gasteiger charge is 2.22. The van der Waals surface area contributed by atoms with Gasteiger partial charge in [0.2, 0.25) is 0 Å². The van der Waals surface area contributed by atoms with Crippen LogP contribution in [0.25, 0.3) is 0 Å². The lowest BCUT2D eigenvalue weighted by Crippen LogP contribution is -2.47. The smallest absolute Gasteiger partial charge is 0.326 e. The van der Waals surface area contributed by atoms with Gasteiger partial charge in [0.25, 0.3) is 0 Å². The van der Waals surface area contributed by atoms with Crippen molar-refractivity contribution >= 4 is 18.0 Å². The summed E-state index contributed by atoms with van der Waals surface area (Å²) in [6.07, 6.45) is 0.425. The van der Waals surface area contributed by atoms with Crippen LogP contribution >= 0.6 is 0 Å². The Labute approximate surface area is 112 Å². The fourth-order valence-electron chi connectivity index (χ4n) is 1.41. The number of aliphatic carboxylic acids is 1. The fourth-order valence-corrected chi connectivity index (χ4v) is 1.41. The number of carboxylic acids is 1. The summed E-state index contributed by atoms with van der Waals surface area (Å²) in [6.45, 7) is 3.93. The highest BCUT2D eigenvalue weighted by molar-refractivity contribution is 5.82. The van der Waals surface area contributed by atoms with Crippen LogP contribution in [0.4, 0.5) is 4.79 Å². The molecule has 7 nitrogen and oxygen atoms in total. The van der Waals surface area contributed by atoms with Crippen LogP contribution in [-0.4, -0.2) is 54.7 Å². The number of carbonyl (C=O) groups excluding carboxylic acids is 2. The molecular weight excluding hydrogens is 252 g/mol. The Bertz CT molecular complexity index is 330. The minimum atomic E-state index is -1.07. The van der Waals surface area contributed by atoms with Crippen LogP contribution in [0, 0.1) is 5.92 Å². The van der Waals surface area contributed by atoms with Crippen molar-refractivity contribution in [3.8, 4) is 0 Å². The summed E-state index contributed by atoms with van der Waals surface area (Å²) < 4.78 is 4.46. The van der Waals surface area contributed by atoms with Gasteiger partial charge in [-0.25, -0.2) is 9.59 Å². The maximum Gasteiger partial charge on any atom is 0.326 e. The van der Waals surface area contributed by atoms with Gasteiger partial charge in [0.05, 0.1) is 13.5 Å². The van der Waals surface area contributed by atoms with Crippen molar-refractivity contribution in [3.63, 3.8) is 0 Å².